The average molecular weight is 237 g/mol. The fourth-order valence-corrected chi connectivity index (χ4v) is 2.88. The van der Waals surface area contributed by atoms with E-state index in [1.165, 1.54) is 6.42 Å². The van der Waals surface area contributed by atoms with Crippen molar-refractivity contribution in [1.29, 1.82) is 0 Å². The summed E-state index contributed by atoms with van der Waals surface area (Å²) in [6, 6.07) is 0. The third-order valence-corrected chi connectivity index (χ3v) is 4.04. The molecule has 1 aliphatic rings. The molecular formula is C11H15N3OS. The first-order valence-electron chi connectivity index (χ1n) is 5.47. The Labute approximate surface area is 99.5 Å². The van der Waals surface area contributed by atoms with E-state index in [9.17, 15) is 4.79 Å². The minimum atomic E-state index is 0.530. The first kappa shape index (κ1) is 11.4. The maximum atomic E-state index is 10.5. The molecule has 1 unspecified atom stereocenters. The van der Waals surface area contributed by atoms with Crippen LogP contribution in [0.2, 0.25) is 0 Å². The van der Waals surface area contributed by atoms with Crippen molar-refractivity contribution in [3.63, 3.8) is 0 Å². The summed E-state index contributed by atoms with van der Waals surface area (Å²) in [4.78, 5) is 21.1. The van der Waals surface area contributed by atoms with E-state index in [4.69, 9.17) is 0 Å². The summed E-state index contributed by atoms with van der Waals surface area (Å²) in [5, 5.41) is 0.670. The highest BCUT2D eigenvalue weighted by atomic mass is 32.2. The maximum absolute atomic E-state index is 10.5. The quantitative estimate of drug-likeness (QED) is 0.748. The number of aromatic nitrogens is 2. The second-order valence-electron chi connectivity index (χ2n) is 3.78. The van der Waals surface area contributed by atoms with E-state index in [0.717, 1.165) is 31.1 Å². The molecule has 0 bridgehead atoms. The van der Waals surface area contributed by atoms with E-state index < -0.39 is 0 Å². The molecular weight excluding hydrogens is 222 g/mol. The number of rotatable bonds is 3. The Hall–Kier alpha value is -1.10. The van der Waals surface area contributed by atoms with Crippen LogP contribution in [0.5, 0.6) is 0 Å². The number of carbonyl (C=O) groups is 1. The van der Waals surface area contributed by atoms with Crippen LogP contribution in [0.4, 0.5) is 5.95 Å². The van der Waals surface area contributed by atoms with E-state index >= 15 is 0 Å². The number of carbonyl (C=O) groups excluding carboxylic acids is 1. The van der Waals surface area contributed by atoms with Crippen LogP contribution in [0, 0.1) is 0 Å². The Morgan fingerprint density at radius 1 is 1.56 bits per heavy atom. The van der Waals surface area contributed by atoms with Gasteiger partial charge in [0.2, 0.25) is 5.95 Å². The lowest BCUT2D eigenvalue weighted by Gasteiger charge is -2.31. The lowest BCUT2D eigenvalue weighted by molar-refractivity contribution is 0.112. The van der Waals surface area contributed by atoms with Crippen LogP contribution < -0.4 is 4.90 Å². The topological polar surface area (TPSA) is 46.1 Å². The van der Waals surface area contributed by atoms with Crippen molar-refractivity contribution in [1.82, 2.24) is 9.97 Å². The monoisotopic (exact) mass is 237 g/mol. The summed E-state index contributed by atoms with van der Waals surface area (Å²) < 4.78 is 0. The summed E-state index contributed by atoms with van der Waals surface area (Å²) in [5.41, 5.74) is 0.530. The van der Waals surface area contributed by atoms with Gasteiger partial charge in [-0.25, -0.2) is 9.97 Å². The van der Waals surface area contributed by atoms with Gasteiger partial charge in [-0.15, -0.1) is 0 Å². The SMILES string of the molecule is CCC1CN(c2ncc(C=O)cn2)CCS1. The number of nitrogens with zero attached hydrogens (tertiary/aromatic N) is 3. The zero-order chi connectivity index (χ0) is 11.4. The van der Waals surface area contributed by atoms with Crippen LogP contribution >= 0.6 is 11.8 Å². The van der Waals surface area contributed by atoms with Crippen molar-refractivity contribution in [2.45, 2.75) is 18.6 Å². The molecule has 1 saturated heterocycles. The zero-order valence-electron chi connectivity index (χ0n) is 9.30. The first-order chi connectivity index (χ1) is 7.83. The van der Waals surface area contributed by atoms with Crippen LogP contribution in [0.3, 0.4) is 0 Å². The van der Waals surface area contributed by atoms with Gasteiger partial charge in [0.1, 0.15) is 0 Å². The molecule has 0 N–H and O–H groups in total. The minimum Gasteiger partial charge on any atom is -0.339 e. The van der Waals surface area contributed by atoms with Crippen molar-refractivity contribution >= 4 is 24.0 Å². The van der Waals surface area contributed by atoms with Crippen LogP contribution in [0.15, 0.2) is 12.4 Å². The van der Waals surface area contributed by atoms with Crippen molar-refractivity contribution < 1.29 is 4.79 Å². The molecule has 2 heterocycles. The third-order valence-electron chi connectivity index (χ3n) is 2.67. The van der Waals surface area contributed by atoms with Gasteiger partial charge >= 0.3 is 0 Å². The maximum Gasteiger partial charge on any atom is 0.225 e. The molecule has 0 aromatic carbocycles. The zero-order valence-corrected chi connectivity index (χ0v) is 10.1. The van der Waals surface area contributed by atoms with Crippen molar-refractivity contribution in [2.75, 3.05) is 23.7 Å². The molecule has 0 amide bonds. The molecule has 2 rings (SSSR count). The largest absolute Gasteiger partial charge is 0.339 e. The molecule has 16 heavy (non-hydrogen) atoms. The molecule has 5 heteroatoms. The summed E-state index contributed by atoms with van der Waals surface area (Å²) in [6.07, 6.45) is 5.11. The van der Waals surface area contributed by atoms with Gasteiger partial charge in [0.15, 0.2) is 6.29 Å². The highest BCUT2D eigenvalue weighted by Crippen LogP contribution is 2.23. The molecule has 0 aliphatic carbocycles. The molecule has 0 spiro atoms. The summed E-state index contributed by atoms with van der Waals surface area (Å²) in [6.45, 7) is 4.20. The number of anilines is 1. The van der Waals surface area contributed by atoms with Gasteiger partial charge in [0, 0.05) is 36.5 Å². The molecule has 1 aromatic heterocycles. The third kappa shape index (κ3) is 2.52. The van der Waals surface area contributed by atoms with E-state index in [1.807, 2.05) is 11.8 Å². The molecule has 86 valence electrons. The second-order valence-corrected chi connectivity index (χ2v) is 5.19. The van der Waals surface area contributed by atoms with Gasteiger partial charge in [0.05, 0.1) is 5.56 Å². The normalized spacial score (nSPS) is 20.8. The van der Waals surface area contributed by atoms with Crippen molar-refractivity contribution in [2.24, 2.45) is 0 Å². The van der Waals surface area contributed by atoms with E-state index in [0.29, 0.717) is 10.8 Å². The minimum absolute atomic E-state index is 0.530. The predicted octanol–water partition coefficient (Wildman–Crippen LogP) is 1.62. The fraction of sp³-hybridized carbons (Fsp3) is 0.545. The molecule has 0 saturated carbocycles. The lowest BCUT2D eigenvalue weighted by atomic mass is 10.3. The Balaban J connectivity index is 2.07. The standard InChI is InChI=1S/C11H15N3OS/c1-2-10-7-14(3-4-16-10)11-12-5-9(8-15)6-13-11/h5-6,8,10H,2-4,7H2,1H3. The molecule has 4 nitrogen and oxygen atoms in total. The lowest BCUT2D eigenvalue weighted by Crippen LogP contribution is -2.38. The molecule has 1 atom stereocenters. The van der Waals surface area contributed by atoms with E-state index in [1.54, 1.807) is 12.4 Å². The smallest absolute Gasteiger partial charge is 0.225 e. The van der Waals surface area contributed by atoms with Crippen molar-refractivity contribution in [3.8, 4) is 0 Å². The molecule has 0 radical (unpaired) electrons. The van der Waals surface area contributed by atoms with Gasteiger partial charge in [-0.1, -0.05) is 6.92 Å². The van der Waals surface area contributed by atoms with Crippen LogP contribution in [-0.4, -0.2) is 40.3 Å². The Morgan fingerprint density at radius 2 is 2.31 bits per heavy atom. The Bertz CT molecular complexity index is 355. The van der Waals surface area contributed by atoms with Gasteiger partial charge in [-0.05, 0) is 6.42 Å². The highest BCUT2D eigenvalue weighted by molar-refractivity contribution is 8.00. The van der Waals surface area contributed by atoms with E-state index in [2.05, 4.69) is 21.8 Å². The van der Waals surface area contributed by atoms with Crippen molar-refractivity contribution in [3.05, 3.63) is 18.0 Å². The molecule has 1 fully saturated rings. The molecule has 1 aromatic rings. The summed E-state index contributed by atoms with van der Waals surface area (Å²) in [7, 11) is 0. The predicted molar refractivity (Wildman–Crippen MR) is 66.2 cm³/mol. The second kappa shape index (κ2) is 5.30. The average Bonchev–Trinajstić information content (AvgIpc) is 2.39. The summed E-state index contributed by atoms with van der Waals surface area (Å²) in [5.74, 6) is 1.86. The Kier molecular flexibility index (Phi) is 3.77. The molecule has 1 aliphatic heterocycles. The first-order valence-corrected chi connectivity index (χ1v) is 6.52. The van der Waals surface area contributed by atoms with Crippen LogP contribution in [0.1, 0.15) is 23.7 Å². The van der Waals surface area contributed by atoms with Gasteiger partial charge in [-0.2, -0.15) is 11.8 Å². The number of aldehydes is 1. The number of thioether (sulfide) groups is 1. The summed E-state index contributed by atoms with van der Waals surface area (Å²) >= 11 is 2.02. The van der Waals surface area contributed by atoms with Gasteiger partial charge < -0.3 is 4.90 Å². The van der Waals surface area contributed by atoms with Crippen LogP contribution in [-0.2, 0) is 0 Å². The Morgan fingerprint density at radius 3 is 2.94 bits per heavy atom. The van der Waals surface area contributed by atoms with Gasteiger partial charge in [-0.3, -0.25) is 4.79 Å². The van der Waals surface area contributed by atoms with Gasteiger partial charge in [0.25, 0.3) is 0 Å². The number of hydrogen-bond acceptors (Lipinski definition) is 5. The highest BCUT2D eigenvalue weighted by Gasteiger charge is 2.20. The van der Waals surface area contributed by atoms with E-state index in [-0.39, 0.29) is 0 Å². The number of hydrogen-bond donors (Lipinski definition) is 0. The van der Waals surface area contributed by atoms with Crippen LogP contribution in [0.25, 0.3) is 0 Å². The fourth-order valence-electron chi connectivity index (χ4n) is 1.70.